The summed E-state index contributed by atoms with van der Waals surface area (Å²) in [4.78, 5) is 13.8. The van der Waals surface area contributed by atoms with E-state index in [4.69, 9.17) is 4.42 Å². The van der Waals surface area contributed by atoms with Gasteiger partial charge in [0, 0.05) is 6.92 Å². The fraction of sp³-hybridized carbons (Fsp3) is 0.200. The van der Waals surface area contributed by atoms with E-state index in [0.29, 0.717) is 22.5 Å². The second kappa shape index (κ2) is 2.31. The van der Waals surface area contributed by atoms with Gasteiger partial charge in [0.25, 0.3) is 0 Å². The number of hydrogen-bond donors (Lipinski definition) is 0. The maximum absolute atomic E-state index is 10.1. The number of aldehydes is 1. The zero-order valence-corrected chi connectivity index (χ0v) is 6.31. The summed E-state index contributed by atoms with van der Waals surface area (Å²) in [7, 11) is 0. The average molecular weight is 190 g/mol. The van der Waals surface area contributed by atoms with Gasteiger partial charge < -0.3 is 4.42 Å². The minimum absolute atomic E-state index is 0.312. The molecule has 0 bridgehead atoms. The zero-order chi connectivity index (χ0) is 6.85. The van der Waals surface area contributed by atoms with Crippen LogP contribution in [0.5, 0.6) is 0 Å². The van der Waals surface area contributed by atoms with Crippen molar-refractivity contribution in [2.24, 2.45) is 0 Å². The number of nitrogens with zero attached hydrogens (tertiary/aromatic N) is 1. The van der Waals surface area contributed by atoms with Gasteiger partial charge in [0.1, 0.15) is 0 Å². The molecule has 0 aliphatic heterocycles. The first-order chi connectivity index (χ1) is 4.24. The van der Waals surface area contributed by atoms with E-state index >= 15 is 0 Å². The fourth-order valence-electron chi connectivity index (χ4n) is 0.491. The van der Waals surface area contributed by atoms with Crippen molar-refractivity contribution in [3.8, 4) is 0 Å². The lowest BCUT2D eigenvalue weighted by molar-refractivity contribution is 0.111. The van der Waals surface area contributed by atoms with E-state index in [-0.39, 0.29) is 0 Å². The predicted molar refractivity (Wildman–Crippen MR) is 34.3 cm³/mol. The van der Waals surface area contributed by atoms with Gasteiger partial charge in [-0.3, -0.25) is 4.79 Å². The summed E-state index contributed by atoms with van der Waals surface area (Å²) in [6.45, 7) is 1.68. The lowest BCUT2D eigenvalue weighted by atomic mass is 10.6. The molecule has 3 nitrogen and oxygen atoms in total. The Balaban J connectivity index is 3.15. The lowest BCUT2D eigenvalue weighted by Crippen LogP contribution is -1.78. The van der Waals surface area contributed by atoms with Crippen molar-refractivity contribution in [2.75, 3.05) is 0 Å². The minimum Gasteiger partial charge on any atom is -0.433 e. The van der Waals surface area contributed by atoms with Crippen molar-refractivity contribution in [1.82, 2.24) is 4.98 Å². The Kier molecular flexibility index (Phi) is 1.66. The highest BCUT2D eigenvalue weighted by molar-refractivity contribution is 9.10. The second-order valence-electron chi connectivity index (χ2n) is 1.51. The molecule has 0 saturated heterocycles. The van der Waals surface area contributed by atoms with Gasteiger partial charge >= 0.3 is 0 Å². The molecule has 0 atom stereocenters. The normalized spacial score (nSPS) is 9.56. The SMILES string of the molecule is Cc1nc(C=O)c(Br)o1. The van der Waals surface area contributed by atoms with Crippen molar-refractivity contribution in [3.63, 3.8) is 0 Å². The van der Waals surface area contributed by atoms with Crippen molar-refractivity contribution in [3.05, 3.63) is 16.3 Å². The number of rotatable bonds is 1. The Morgan fingerprint density at radius 2 is 2.44 bits per heavy atom. The van der Waals surface area contributed by atoms with Crippen LogP contribution >= 0.6 is 15.9 Å². The van der Waals surface area contributed by atoms with Gasteiger partial charge in [-0.05, 0) is 15.9 Å². The third-order valence-electron chi connectivity index (χ3n) is 0.828. The molecule has 0 saturated carbocycles. The number of halogens is 1. The van der Waals surface area contributed by atoms with Gasteiger partial charge in [-0.1, -0.05) is 0 Å². The number of carbonyl (C=O) groups excluding carboxylic acids is 1. The van der Waals surface area contributed by atoms with Crippen LogP contribution in [0.2, 0.25) is 0 Å². The fourth-order valence-corrected chi connectivity index (χ4v) is 0.907. The van der Waals surface area contributed by atoms with E-state index in [0.717, 1.165) is 0 Å². The summed E-state index contributed by atoms with van der Waals surface area (Å²) in [5.74, 6) is 0.490. The molecule has 0 radical (unpaired) electrons. The Labute approximate surface area is 60.2 Å². The molecule has 4 heteroatoms. The number of oxazole rings is 1. The topological polar surface area (TPSA) is 43.1 Å². The molecule has 48 valence electrons. The summed E-state index contributed by atoms with van der Waals surface area (Å²) < 4.78 is 5.28. The van der Waals surface area contributed by atoms with Gasteiger partial charge in [0.2, 0.25) is 0 Å². The van der Waals surface area contributed by atoms with E-state index in [9.17, 15) is 4.79 Å². The summed E-state index contributed by atoms with van der Waals surface area (Å²) in [5, 5.41) is 0. The predicted octanol–water partition coefficient (Wildman–Crippen LogP) is 1.56. The third kappa shape index (κ3) is 1.18. The van der Waals surface area contributed by atoms with E-state index < -0.39 is 0 Å². The maximum atomic E-state index is 10.1. The molecular formula is C5H4BrNO2. The molecule has 0 fully saturated rings. The molecule has 0 aliphatic carbocycles. The summed E-state index contributed by atoms with van der Waals surface area (Å²) in [5.41, 5.74) is 0.312. The highest BCUT2D eigenvalue weighted by Gasteiger charge is 2.04. The minimum atomic E-state index is 0.312. The standard InChI is InChI=1S/C5H4BrNO2/c1-3-7-4(2-8)5(6)9-3/h2H,1H3. The van der Waals surface area contributed by atoms with E-state index in [1.54, 1.807) is 6.92 Å². The summed E-state index contributed by atoms with van der Waals surface area (Å²) in [6, 6.07) is 0. The van der Waals surface area contributed by atoms with Crippen LogP contribution in [-0.2, 0) is 0 Å². The van der Waals surface area contributed by atoms with Crippen LogP contribution in [0, 0.1) is 6.92 Å². The maximum Gasteiger partial charge on any atom is 0.200 e. The molecule has 0 amide bonds. The number of aryl methyl sites for hydroxylation is 1. The van der Waals surface area contributed by atoms with Crippen LogP contribution in [0.4, 0.5) is 0 Å². The van der Waals surface area contributed by atoms with E-state index in [2.05, 4.69) is 20.9 Å². The molecule has 1 aromatic rings. The molecule has 0 spiro atoms. The molecule has 9 heavy (non-hydrogen) atoms. The molecule has 0 unspecified atom stereocenters. The van der Waals surface area contributed by atoms with Crippen molar-refractivity contribution >= 4 is 22.2 Å². The smallest absolute Gasteiger partial charge is 0.200 e. The molecular weight excluding hydrogens is 186 g/mol. The Hall–Kier alpha value is -0.640. The van der Waals surface area contributed by atoms with Crippen LogP contribution in [0.25, 0.3) is 0 Å². The monoisotopic (exact) mass is 189 g/mol. The van der Waals surface area contributed by atoms with E-state index in [1.165, 1.54) is 0 Å². The zero-order valence-electron chi connectivity index (χ0n) is 4.72. The highest BCUT2D eigenvalue weighted by Crippen LogP contribution is 2.14. The highest BCUT2D eigenvalue weighted by atomic mass is 79.9. The van der Waals surface area contributed by atoms with Crippen molar-refractivity contribution < 1.29 is 9.21 Å². The lowest BCUT2D eigenvalue weighted by Gasteiger charge is -1.74. The average Bonchev–Trinajstić information content (AvgIpc) is 2.10. The first-order valence-electron chi connectivity index (χ1n) is 2.32. The number of aromatic nitrogens is 1. The summed E-state index contributed by atoms with van der Waals surface area (Å²) in [6.07, 6.45) is 0.639. The quantitative estimate of drug-likeness (QED) is 0.631. The number of carbonyl (C=O) groups is 1. The third-order valence-corrected chi connectivity index (χ3v) is 1.40. The molecule has 1 heterocycles. The van der Waals surface area contributed by atoms with Crippen LogP contribution < -0.4 is 0 Å². The Morgan fingerprint density at radius 3 is 2.67 bits per heavy atom. The number of hydrogen-bond acceptors (Lipinski definition) is 3. The van der Waals surface area contributed by atoms with E-state index in [1.807, 2.05) is 0 Å². The van der Waals surface area contributed by atoms with Gasteiger partial charge in [-0.25, -0.2) is 4.98 Å². The van der Waals surface area contributed by atoms with Crippen LogP contribution in [-0.4, -0.2) is 11.3 Å². The van der Waals surface area contributed by atoms with Gasteiger partial charge in [-0.2, -0.15) is 0 Å². The van der Waals surface area contributed by atoms with Crippen molar-refractivity contribution in [2.45, 2.75) is 6.92 Å². The second-order valence-corrected chi connectivity index (χ2v) is 2.23. The Bertz CT molecular complexity index is 231. The largest absolute Gasteiger partial charge is 0.433 e. The van der Waals surface area contributed by atoms with Gasteiger partial charge in [0.05, 0.1) is 0 Å². The summed E-state index contributed by atoms with van der Waals surface area (Å²) >= 11 is 3.02. The Morgan fingerprint density at radius 1 is 1.78 bits per heavy atom. The first kappa shape index (κ1) is 6.48. The van der Waals surface area contributed by atoms with Crippen LogP contribution in [0.15, 0.2) is 9.09 Å². The van der Waals surface area contributed by atoms with Gasteiger partial charge in [-0.15, -0.1) is 0 Å². The van der Waals surface area contributed by atoms with Crippen LogP contribution in [0.3, 0.4) is 0 Å². The van der Waals surface area contributed by atoms with Gasteiger partial charge in [0.15, 0.2) is 22.5 Å². The molecule has 1 aromatic heterocycles. The molecule has 0 aliphatic rings. The first-order valence-corrected chi connectivity index (χ1v) is 3.11. The molecule has 0 aromatic carbocycles. The molecule has 0 N–H and O–H groups in total. The van der Waals surface area contributed by atoms with Crippen molar-refractivity contribution in [1.29, 1.82) is 0 Å². The molecule has 1 rings (SSSR count). The van der Waals surface area contributed by atoms with Crippen LogP contribution in [0.1, 0.15) is 16.4 Å².